The van der Waals surface area contributed by atoms with Crippen molar-refractivity contribution < 1.29 is 9.53 Å². The number of hydrogen-bond acceptors (Lipinski definition) is 2. The van der Waals surface area contributed by atoms with Crippen molar-refractivity contribution in [2.75, 3.05) is 7.11 Å². The maximum Gasteiger partial charge on any atom is 0.250 e. The Labute approximate surface area is 147 Å². The largest absolute Gasteiger partial charge is 0.497 e. The standard InChI is InChI=1S/C21H22N2O2/c1-15-19(21(22)24)14-20(17-9-6-10-18(13-17)25-2)23(15)12-11-16-7-4-3-5-8-16/h3-10,13-14H,11-12H2,1-2H3,(H2,22,24). The van der Waals surface area contributed by atoms with E-state index in [-0.39, 0.29) is 0 Å². The van der Waals surface area contributed by atoms with Crippen molar-refractivity contribution in [2.24, 2.45) is 5.73 Å². The van der Waals surface area contributed by atoms with Crippen LogP contribution in [0.15, 0.2) is 60.7 Å². The van der Waals surface area contributed by atoms with Crippen LogP contribution in [-0.2, 0) is 13.0 Å². The first-order valence-corrected chi connectivity index (χ1v) is 8.28. The Morgan fingerprint density at radius 1 is 1.08 bits per heavy atom. The average molecular weight is 334 g/mol. The maximum atomic E-state index is 11.8. The van der Waals surface area contributed by atoms with Crippen LogP contribution in [0.3, 0.4) is 0 Å². The summed E-state index contributed by atoms with van der Waals surface area (Å²) in [6.45, 7) is 2.71. The smallest absolute Gasteiger partial charge is 0.250 e. The molecule has 0 bridgehead atoms. The van der Waals surface area contributed by atoms with Crippen LogP contribution in [0.4, 0.5) is 0 Å². The van der Waals surface area contributed by atoms with Gasteiger partial charge in [-0.25, -0.2) is 0 Å². The average Bonchev–Trinajstić information content (AvgIpc) is 2.97. The summed E-state index contributed by atoms with van der Waals surface area (Å²) in [7, 11) is 1.65. The predicted octanol–water partition coefficient (Wildman–Crippen LogP) is 3.81. The van der Waals surface area contributed by atoms with Gasteiger partial charge >= 0.3 is 0 Å². The van der Waals surface area contributed by atoms with E-state index in [1.807, 2.05) is 55.5 Å². The van der Waals surface area contributed by atoms with E-state index < -0.39 is 5.91 Å². The molecule has 0 unspecified atom stereocenters. The Hall–Kier alpha value is -3.01. The Bertz CT molecular complexity index is 882. The van der Waals surface area contributed by atoms with Crippen LogP contribution in [-0.4, -0.2) is 17.6 Å². The zero-order valence-corrected chi connectivity index (χ0v) is 14.5. The number of rotatable bonds is 6. The lowest BCUT2D eigenvalue weighted by atomic mass is 10.1. The molecule has 4 heteroatoms. The van der Waals surface area contributed by atoms with Gasteiger partial charge in [0.15, 0.2) is 0 Å². The number of carbonyl (C=O) groups is 1. The highest BCUT2D eigenvalue weighted by atomic mass is 16.5. The van der Waals surface area contributed by atoms with Gasteiger partial charge in [0, 0.05) is 23.5 Å². The Morgan fingerprint density at radius 3 is 2.52 bits per heavy atom. The molecule has 1 aromatic heterocycles. The first kappa shape index (κ1) is 16.8. The highest BCUT2D eigenvalue weighted by molar-refractivity contribution is 5.95. The van der Waals surface area contributed by atoms with Crippen LogP contribution in [0.5, 0.6) is 5.75 Å². The summed E-state index contributed by atoms with van der Waals surface area (Å²) in [6.07, 6.45) is 0.880. The maximum absolute atomic E-state index is 11.8. The lowest BCUT2D eigenvalue weighted by Gasteiger charge is -2.13. The molecule has 1 heterocycles. The first-order valence-electron chi connectivity index (χ1n) is 8.28. The van der Waals surface area contributed by atoms with E-state index in [2.05, 4.69) is 16.7 Å². The summed E-state index contributed by atoms with van der Waals surface area (Å²) in [6, 6.07) is 20.0. The van der Waals surface area contributed by atoms with E-state index >= 15 is 0 Å². The van der Waals surface area contributed by atoms with E-state index in [0.717, 1.165) is 35.7 Å². The van der Waals surface area contributed by atoms with Crippen LogP contribution in [0, 0.1) is 6.92 Å². The third-order valence-electron chi connectivity index (χ3n) is 4.46. The second kappa shape index (κ2) is 7.26. The molecule has 2 aromatic carbocycles. The highest BCUT2D eigenvalue weighted by Gasteiger charge is 2.17. The van der Waals surface area contributed by atoms with Crippen molar-refractivity contribution in [2.45, 2.75) is 19.9 Å². The number of aromatic nitrogens is 1. The third-order valence-corrected chi connectivity index (χ3v) is 4.46. The van der Waals surface area contributed by atoms with Gasteiger partial charge in [0.2, 0.25) is 0 Å². The number of benzene rings is 2. The molecule has 2 N–H and O–H groups in total. The minimum atomic E-state index is -0.403. The molecule has 0 spiro atoms. The number of carbonyl (C=O) groups excluding carboxylic acids is 1. The monoisotopic (exact) mass is 334 g/mol. The van der Waals surface area contributed by atoms with Crippen LogP contribution in [0.2, 0.25) is 0 Å². The summed E-state index contributed by atoms with van der Waals surface area (Å²) >= 11 is 0. The molecule has 0 radical (unpaired) electrons. The predicted molar refractivity (Wildman–Crippen MR) is 99.8 cm³/mol. The third kappa shape index (κ3) is 3.58. The molecule has 0 aliphatic rings. The van der Waals surface area contributed by atoms with Crippen LogP contribution >= 0.6 is 0 Å². The van der Waals surface area contributed by atoms with Crippen molar-refractivity contribution in [3.05, 3.63) is 77.5 Å². The van der Waals surface area contributed by atoms with Gasteiger partial charge < -0.3 is 15.0 Å². The highest BCUT2D eigenvalue weighted by Crippen LogP contribution is 2.28. The van der Waals surface area contributed by atoms with Gasteiger partial charge in [0.25, 0.3) is 5.91 Å². The fourth-order valence-electron chi connectivity index (χ4n) is 3.09. The quantitative estimate of drug-likeness (QED) is 0.745. The van der Waals surface area contributed by atoms with Gasteiger partial charge in [-0.2, -0.15) is 0 Å². The molecule has 0 fully saturated rings. The normalized spacial score (nSPS) is 10.6. The van der Waals surface area contributed by atoms with Crippen LogP contribution in [0.1, 0.15) is 21.6 Å². The fraction of sp³-hybridized carbons (Fsp3) is 0.190. The molecular formula is C21H22N2O2. The van der Waals surface area contributed by atoms with Crippen molar-refractivity contribution in [1.29, 1.82) is 0 Å². The molecular weight excluding hydrogens is 312 g/mol. The molecule has 3 aromatic rings. The Balaban J connectivity index is 2.01. The molecule has 3 rings (SSSR count). The van der Waals surface area contributed by atoms with Crippen LogP contribution in [0.25, 0.3) is 11.3 Å². The van der Waals surface area contributed by atoms with Gasteiger partial charge in [-0.1, -0.05) is 42.5 Å². The van der Waals surface area contributed by atoms with E-state index in [1.54, 1.807) is 7.11 Å². The van der Waals surface area contributed by atoms with Crippen molar-refractivity contribution in [3.63, 3.8) is 0 Å². The van der Waals surface area contributed by atoms with E-state index in [1.165, 1.54) is 5.56 Å². The number of ether oxygens (including phenoxy) is 1. The molecule has 0 saturated carbocycles. The van der Waals surface area contributed by atoms with Crippen molar-refractivity contribution in [1.82, 2.24) is 4.57 Å². The zero-order chi connectivity index (χ0) is 17.8. The Kier molecular flexibility index (Phi) is 4.89. The molecule has 25 heavy (non-hydrogen) atoms. The zero-order valence-electron chi connectivity index (χ0n) is 14.5. The minimum Gasteiger partial charge on any atom is -0.497 e. The van der Waals surface area contributed by atoms with E-state index in [4.69, 9.17) is 10.5 Å². The van der Waals surface area contributed by atoms with Gasteiger partial charge in [-0.3, -0.25) is 4.79 Å². The number of hydrogen-bond donors (Lipinski definition) is 1. The fourth-order valence-corrected chi connectivity index (χ4v) is 3.09. The molecule has 0 atom stereocenters. The summed E-state index contributed by atoms with van der Waals surface area (Å²) in [4.78, 5) is 11.8. The van der Waals surface area contributed by atoms with E-state index in [0.29, 0.717) is 5.56 Å². The molecule has 0 aliphatic heterocycles. The van der Waals surface area contributed by atoms with Gasteiger partial charge in [-0.05, 0) is 37.1 Å². The molecule has 4 nitrogen and oxygen atoms in total. The summed E-state index contributed by atoms with van der Waals surface area (Å²) in [5.74, 6) is 0.381. The summed E-state index contributed by atoms with van der Waals surface area (Å²) < 4.78 is 7.48. The second-order valence-electron chi connectivity index (χ2n) is 6.01. The number of amides is 1. The summed E-state index contributed by atoms with van der Waals surface area (Å²) in [5.41, 5.74) is 10.2. The topological polar surface area (TPSA) is 57.2 Å². The van der Waals surface area contributed by atoms with Gasteiger partial charge in [0.05, 0.1) is 12.7 Å². The molecule has 0 aliphatic carbocycles. The molecule has 1 amide bonds. The number of aryl methyl sites for hydroxylation is 1. The van der Waals surface area contributed by atoms with Crippen molar-refractivity contribution in [3.8, 4) is 17.0 Å². The lowest BCUT2D eigenvalue weighted by molar-refractivity contribution is 0.0999. The van der Waals surface area contributed by atoms with Crippen molar-refractivity contribution >= 4 is 5.91 Å². The number of nitrogens with zero attached hydrogens (tertiary/aromatic N) is 1. The minimum absolute atomic E-state index is 0.403. The Morgan fingerprint density at radius 2 is 1.84 bits per heavy atom. The second-order valence-corrected chi connectivity index (χ2v) is 6.01. The SMILES string of the molecule is COc1cccc(-c2cc(C(N)=O)c(C)n2CCc2ccccc2)c1. The number of methoxy groups -OCH3 is 1. The molecule has 0 saturated heterocycles. The van der Waals surface area contributed by atoms with E-state index in [9.17, 15) is 4.79 Å². The summed E-state index contributed by atoms with van der Waals surface area (Å²) in [5, 5.41) is 0. The first-order chi connectivity index (χ1) is 12.1. The van der Waals surface area contributed by atoms with Gasteiger partial charge in [-0.15, -0.1) is 0 Å². The number of nitrogens with two attached hydrogens (primary N) is 1. The lowest BCUT2D eigenvalue weighted by Crippen LogP contribution is -2.13. The van der Waals surface area contributed by atoms with Gasteiger partial charge in [0.1, 0.15) is 5.75 Å². The molecule has 128 valence electrons. The van der Waals surface area contributed by atoms with Crippen LogP contribution < -0.4 is 10.5 Å². The number of primary amides is 1.